The molecule has 7 heteroatoms. The van der Waals surface area contributed by atoms with Gasteiger partial charge in [-0.3, -0.25) is 19.3 Å². The number of likely N-dealkylation sites (tertiary alicyclic amines) is 1. The smallest absolute Gasteiger partial charge is 0.329 e. The second-order valence-corrected chi connectivity index (χ2v) is 8.00. The molecule has 0 aromatic heterocycles. The molecule has 0 spiro atoms. The predicted molar refractivity (Wildman–Crippen MR) is 105 cm³/mol. The Kier molecular flexibility index (Phi) is 6.35. The lowest BCUT2D eigenvalue weighted by Gasteiger charge is -2.23. The van der Waals surface area contributed by atoms with Crippen LogP contribution in [0, 0.1) is 18.8 Å². The summed E-state index contributed by atoms with van der Waals surface area (Å²) in [6.45, 7) is 5.26. The number of aryl methyl sites for hydroxylation is 1. The van der Waals surface area contributed by atoms with Crippen LogP contribution in [0.3, 0.4) is 0 Å². The molecule has 3 rings (SSSR count). The highest BCUT2D eigenvalue weighted by Crippen LogP contribution is 2.38. The first-order valence-electron chi connectivity index (χ1n) is 10.2. The SMILES string of the molecule is Cc1ccc(CNC(=O)C(C)OC(=O)[C@H](C)N2C(=O)C3CCCCC3C2=O)cc1. The summed E-state index contributed by atoms with van der Waals surface area (Å²) >= 11 is 0. The van der Waals surface area contributed by atoms with Gasteiger partial charge in [-0.15, -0.1) is 0 Å². The molecule has 0 bridgehead atoms. The first-order valence-corrected chi connectivity index (χ1v) is 10.2. The molecule has 3 amide bonds. The van der Waals surface area contributed by atoms with Gasteiger partial charge in [-0.25, -0.2) is 4.79 Å². The molecular formula is C22H28N2O5. The number of benzene rings is 1. The zero-order valence-corrected chi connectivity index (χ0v) is 17.1. The minimum absolute atomic E-state index is 0.291. The predicted octanol–water partition coefficient (Wildman–Crippen LogP) is 2.11. The second-order valence-electron chi connectivity index (χ2n) is 8.00. The number of nitrogens with one attached hydrogen (secondary N) is 1. The van der Waals surface area contributed by atoms with Crippen molar-refractivity contribution in [1.82, 2.24) is 10.2 Å². The van der Waals surface area contributed by atoms with Crippen molar-refractivity contribution in [3.05, 3.63) is 35.4 Å². The maximum Gasteiger partial charge on any atom is 0.329 e. The van der Waals surface area contributed by atoms with Crippen molar-refractivity contribution in [3.8, 4) is 0 Å². The summed E-state index contributed by atoms with van der Waals surface area (Å²) in [5.74, 6) is -2.40. The first-order chi connectivity index (χ1) is 13.8. The third-order valence-electron chi connectivity index (χ3n) is 5.85. The van der Waals surface area contributed by atoms with Crippen molar-refractivity contribution in [2.75, 3.05) is 0 Å². The summed E-state index contributed by atoms with van der Waals surface area (Å²) in [5, 5.41) is 2.73. The zero-order valence-electron chi connectivity index (χ0n) is 17.1. The van der Waals surface area contributed by atoms with E-state index in [4.69, 9.17) is 4.74 Å². The number of amides is 3. The molecule has 1 saturated heterocycles. The van der Waals surface area contributed by atoms with Crippen LogP contribution < -0.4 is 5.32 Å². The Hall–Kier alpha value is -2.70. The van der Waals surface area contributed by atoms with Crippen LogP contribution in [-0.2, 0) is 30.5 Å². The van der Waals surface area contributed by atoms with Crippen molar-refractivity contribution in [2.45, 2.75) is 65.1 Å². The number of imide groups is 1. The topological polar surface area (TPSA) is 92.8 Å². The number of nitrogens with zero attached hydrogens (tertiary/aromatic N) is 1. The average molecular weight is 400 g/mol. The summed E-state index contributed by atoms with van der Waals surface area (Å²) in [6.07, 6.45) is 2.19. The van der Waals surface area contributed by atoms with E-state index in [1.807, 2.05) is 31.2 Å². The third kappa shape index (κ3) is 4.49. The zero-order chi connectivity index (χ0) is 21.1. The lowest BCUT2D eigenvalue weighted by Crippen LogP contribution is -2.46. The maximum atomic E-state index is 12.6. The van der Waals surface area contributed by atoms with E-state index in [2.05, 4.69) is 5.32 Å². The van der Waals surface area contributed by atoms with E-state index >= 15 is 0 Å². The maximum absolute atomic E-state index is 12.6. The highest BCUT2D eigenvalue weighted by molar-refractivity contribution is 6.07. The highest BCUT2D eigenvalue weighted by Gasteiger charge is 2.51. The molecular weight excluding hydrogens is 372 g/mol. The Morgan fingerprint density at radius 2 is 1.62 bits per heavy atom. The average Bonchev–Trinajstić information content (AvgIpc) is 2.97. The molecule has 2 fully saturated rings. The van der Waals surface area contributed by atoms with E-state index in [1.54, 1.807) is 0 Å². The van der Waals surface area contributed by atoms with E-state index in [0.29, 0.717) is 19.4 Å². The second kappa shape index (κ2) is 8.76. The summed E-state index contributed by atoms with van der Waals surface area (Å²) in [5.41, 5.74) is 2.06. The summed E-state index contributed by atoms with van der Waals surface area (Å²) in [7, 11) is 0. The highest BCUT2D eigenvalue weighted by atomic mass is 16.5. The normalized spacial score (nSPS) is 23.3. The summed E-state index contributed by atoms with van der Waals surface area (Å²) in [6, 6.07) is 6.70. The van der Waals surface area contributed by atoms with E-state index in [1.165, 1.54) is 13.8 Å². The van der Waals surface area contributed by atoms with Gasteiger partial charge in [0.1, 0.15) is 6.04 Å². The van der Waals surface area contributed by atoms with Crippen molar-refractivity contribution >= 4 is 23.7 Å². The Labute approximate surface area is 170 Å². The molecule has 1 saturated carbocycles. The van der Waals surface area contributed by atoms with Crippen LogP contribution in [0.25, 0.3) is 0 Å². The van der Waals surface area contributed by atoms with Gasteiger partial charge < -0.3 is 10.1 Å². The molecule has 1 N–H and O–H groups in total. The van der Waals surface area contributed by atoms with Crippen LogP contribution in [-0.4, -0.2) is 40.7 Å². The van der Waals surface area contributed by atoms with Gasteiger partial charge in [0.25, 0.3) is 5.91 Å². The van der Waals surface area contributed by atoms with Gasteiger partial charge in [0.05, 0.1) is 11.8 Å². The number of esters is 1. The number of ether oxygens (including phenoxy) is 1. The van der Waals surface area contributed by atoms with Gasteiger partial charge in [0, 0.05) is 6.54 Å². The minimum atomic E-state index is -1.03. The van der Waals surface area contributed by atoms with E-state index < -0.39 is 24.0 Å². The fourth-order valence-electron chi connectivity index (χ4n) is 4.04. The Morgan fingerprint density at radius 1 is 1.07 bits per heavy atom. The van der Waals surface area contributed by atoms with Crippen molar-refractivity contribution in [3.63, 3.8) is 0 Å². The number of carbonyl (C=O) groups is 4. The molecule has 2 aliphatic rings. The van der Waals surface area contributed by atoms with Crippen LogP contribution in [0.2, 0.25) is 0 Å². The molecule has 1 aromatic rings. The molecule has 156 valence electrons. The van der Waals surface area contributed by atoms with Gasteiger partial charge in [-0.2, -0.15) is 0 Å². The van der Waals surface area contributed by atoms with Crippen LogP contribution in [0.5, 0.6) is 0 Å². The standard InChI is InChI=1S/C22H28N2O5/c1-13-8-10-16(11-9-13)12-23-19(25)15(3)29-22(28)14(2)24-20(26)17-6-4-5-7-18(17)21(24)27/h8-11,14-15,17-18H,4-7,12H2,1-3H3,(H,23,25)/t14-,15?,17?,18?/m0/s1. The fourth-order valence-corrected chi connectivity index (χ4v) is 4.04. The monoisotopic (exact) mass is 400 g/mol. The van der Waals surface area contributed by atoms with Gasteiger partial charge >= 0.3 is 5.97 Å². The Morgan fingerprint density at radius 3 is 2.17 bits per heavy atom. The first kappa shape index (κ1) is 21.0. The van der Waals surface area contributed by atoms with Crippen molar-refractivity contribution in [1.29, 1.82) is 0 Å². The summed E-state index contributed by atoms with van der Waals surface area (Å²) < 4.78 is 5.25. The quantitative estimate of drug-likeness (QED) is 0.583. The van der Waals surface area contributed by atoms with Gasteiger partial charge in [-0.1, -0.05) is 42.7 Å². The largest absolute Gasteiger partial charge is 0.451 e. The number of fused-ring (bicyclic) bond motifs is 1. The van der Waals surface area contributed by atoms with Crippen LogP contribution in [0.15, 0.2) is 24.3 Å². The van der Waals surface area contributed by atoms with E-state index in [0.717, 1.165) is 28.9 Å². The number of hydrogen-bond donors (Lipinski definition) is 1. The number of carbonyl (C=O) groups excluding carboxylic acids is 4. The lowest BCUT2D eigenvalue weighted by atomic mass is 9.81. The third-order valence-corrected chi connectivity index (χ3v) is 5.85. The van der Waals surface area contributed by atoms with E-state index in [-0.39, 0.29) is 23.7 Å². The molecule has 0 radical (unpaired) electrons. The van der Waals surface area contributed by atoms with Crippen molar-refractivity contribution in [2.24, 2.45) is 11.8 Å². The molecule has 1 aliphatic carbocycles. The lowest BCUT2D eigenvalue weighted by molar-refractivity contribution is -0.164. The van der Waals surface area contributed by atoms with Gasteiger partial charge in [0.2, 0.25) is 11.8 Å². The number of hydrogen-bond acceptors (Lipinski definition) is 5. The molecule has 1 aromatic carbocycles. The molecule has 1 heterocycles. The minimum Gasteiger partial charge on any atom is -0.451 e. The van der Waals surface area contributed by atoms with Gasteiger partial charge in [-0.05, 0) is 39.2 Å². The van der Waals surface area contributed by atoms with Crippen molar-refractivity contribution < 1.29 is 23.9 Å². The molecule has 4 atom stereocenters. The summed E-state index contributed by atoms with van der Waals surface area (Å²) in [4.78, 5) is 51.0. The molecule has 1 aliphatic heterocycles. The number of rotatable bonds is 6. The Balaban J connectivity index is 1.54. The van der Waals surface area contributed by atoms with Crippen LogP contribution >= 0.6 is 0 Å². The molecule has 29 heavy (non-hydrogen) atoms. The fraction of sp³-hybridized carbons (Fsp3) is 0.545. The van der Waals surface area contributed by atoms with E-state index in [9.17, 15) is 19.2 Å². The van der Waals surface area contributed by atoms with Crippen LogP contribution in [0.1, 0.15) is 50.7 Å². The Bertz CT molecular complexity index is 780. The van der Waals surface area contributed by atoms with Gasteiger partial charge in [0.15, 0.2) is 6.10 Å². The van der Waals surface area contributed by atoms with Crippen LogP contribution in [0.4, 0.5) is 0 Å². The molecule has 7 nitrogen and oxygen atoms in total. The molecule has 3 unspecified atom stereocenters.